The number of carbonyl (C=O) groups is 2. The molecule has 4 aromatic rings. The molecule has 11 heteroatoms. The third kappa shape index (κ3) is 7.95. The average Bonchev–Trinajstić information content (AvgIpc) is 2.85. The van der Waals surface area contributed by atoms with Gasteiger partial charge < -0.3 is 28.5 Å². The number of carbonyl (C=O) groups excluding carboxylic acids is 2. The van der Waals surface area contributed by atoms with Crippen LogP contribution in [0, 0.1) is 11.8 Å². The number of hydrogen-bond acceptors (Lipinski definition) is 6. The number of fused-ring (bicyclic) bond motifs is 2. The molecule has 10 nitrogen and oxygen atoms in total. The summed E-state index contributed by atoms with van der Waals surface area (Å²) in [6.45, 7) is 9.04. The summed E-state index contributed by atoms with van der Waals surface area (Å²) >= 11 is 0. The summed E-state index contributed by atoms with van der Waals surface area (Å²) in [7, 11) is 0. The molecule has 4 rings (SSSR count). The van der Waals surface area contributed by atoms with E-state index in [4.69, 9.17) is 19.7 Å². The molecule has 0 saturated carbocycles. The first kappa shape index (κ1) is 31.1. The maximum atomic E-state index is 12.0. The summed E-state index contributed by atoms with van der Waals surface area (Å²) in [6.07, 6.45) is 0. The van der Waals surface area contributed by atoms with Crippen molar-refractivity contribution in [1.29, 1.82) is 0 Å². The van der Waals surface area contributed by atoms with E-state index in [0.717, 1.165) is 12.1 Å². The second-order valence-corrected chi connectivity index (χ2v) is 9.38. The van der Waals surface area contributed by atoms with Gasteiger partial charge in [-0.1, -0.05) is 27.7 Å². The van der Waals surface area contributed by atoms with Crippen molar-refractivity contribution >= 4 is 33.9 Å². The monoisotopic (exact) mass is 591 g/mol. The van der Waals surface area contributed by atoms with Gasteiger partial charge in [0.1, 0.15) is 11.5 Å². The molecule has 0 aliphatic carbocycles. The SMILES string of the molecule is CC(C)COc1cccc2[oH+]c(C(=O)[OH2+])cc(=O)c12.CC(C)COc1cccc2[oH+]c(C(=O)[OH2+])cc(=O)c12.[Cu+2]. The molecule has 6 N–H and O–H groups in total. The molecule has 2 aromatic heterocycles. The molecule has 0 amide bonds. The van der Waals surface area contributed by atoms with Crippen molar-refractivity contribution in [2.45, 2.75) is 27.7 Å². The van der Waals surface area contributed by atoms with Crippen molar-refractivity contribution in [3.8, 4) is 11.5 Å². The summed E-state index contributed by atoms with van der Waals surface area (Å²) in [5.74, 6) is -0.600. The fraction of sp³-hybridized carbons (Fsp3) is 0.286. The molecule has 0 aliphatic rings. The predicted molar refractivity (Wildman–Crippen MR) is 144 cm³/mol. The predicted octanol–water partition coefficient (Wildman–Crippen LogP) is 3.61. The van der Waals surface area contributed by atoms with E-state index in [1.165, 1.54) is 0 Å². The Balaban J connectivity index is 0.000000267. The van der Waals surface area contributed by atoms with Crippen LogP contribution in [0.2, 0.25) is 0 Å². The first-order valence-corrected chi connectivity index (χ1v) is 12.0. The molecule has 0 fully saturated rings. The Morgan fingerprint density at radius 1 is 0.718 bits per heavy atom. The van der Waals surface area contributed by atoms with Crippen molar-refractivity contribution in [2.24, 2.45) is 11.8 Å². The van der Waals surface area contributed by atoms with Crippen LogP contribution in [0.5, 0.6) is 11.5 Å². The Labute approximate surface area is 233 Å². The minimum Gasteiger partial charge on any atom is -0.554 e. The maximum Gasteiger partial charge on any atom is 2.00 e. The van der Waals surface area contributed by atoms with E-state index in [9.17, 15) is 19.2 Å². The van der Waals surface area contributed by atoms with Crippen LogP contribution in [-0.2, 0) is 17.1 Å². The van der Waals surface area contributed by atoms with Crippen LogP contribution in [-0.4, -0.2) is 35.4 Å². The Kier molecular flexibility index (Phi) is 10.9. The molecule has 1 radical (unpaired) electrons. The standard InChI is InChI=1S/2C14H14O5.Cu/c2*1-8(2)7-18-10-4-3-5-11-13(10)9(15)6-12(19-11)14(16)17;/h2*3-6,8H,7H2,1-2H3,(H,16,17);/q;;+2/p+4. The van der Waals surface area contributed by atoms with Crippen LogP contribution in [0.15, 0.2) is 67.0 Å². The smallest absolute Gasteiger partial charge is 0.554 e. The number of rotatable bonds is 8. The first-order valence-electron chi connectivity index (χ1n) is 12.0. The van der Waals surface area contributed by atoms with Gasteiger partial charge in [0, 0.05) is 12.1 Å². The van der Waals surface area contributed by atoms with Crippen LogP contribution in [0.25, 0.3) is 21.9 Å². The van der Waals surface area contributed by atoms with Crippen molar-refractivity contribution in [2.75, 3.05) is 13.2 Å². The maximum absolute atomic E-state index is 12.0. The number of ether oxygens (including phenoxy) is 2. The van der Waals surface area contributed by atoms with E-state index in [1.807, 2.05) is 27.7 Å². The molecule has 209 valence electrons. The van der Waals surface area contributed by atoms with Gasteiger partial charge in [0.05, 0.1) is 34.9 Å². The summed E-state index contributed by atoms with van der Waals surface area (Å²) in [6, 6.07) is 12.3. The van der Waals surface area contributed by atoms with E-state index in [0.29, 0.717) is 58.5 Å². The largest absolute Gasteiger partial charge is 2.00 e. The van der Waals surface area contributed by atoms with Crippen molar-refractivity contribution < 1.29 is 55.2 Å². The van der Waals surface area contributed by atoms with Crippen LogP contribution < -0.4 is 20.3 Å². The van der Waals surface area contributed by atoms with Crippen LogP contribution in [0.3, 0.4) is 0 Å². The zero-order valence-electron chi connectivity index (χ0n) is 21.8. The summed E-state index contributed by atoms with van der Waals surface area (Å²) in [5.41, 5.74) is 0.0635. The van der Waals surface area contributed by atoms with Gasteiger partial charge in [-0.2, -0.15) is 0 Å². The van der Waals surface area contributed by atoms with E-state index >= 15 is 0 Å². The third-order valence-electron chi connectivity index (χ3n) is 5.13. The van der Waals surface area contributed by atoms with Gasteiger partial charge in [-0.15, -0.1) is 0 Å². The fourth-order valence-electron chi connectivity index (χ4n) is 3.42. The van der Waals surface area contributed by atoms with Gasteiger partial charge in [-0.25, -0.2) is 0 Å². The van der Waals surface area contributed by atoms with Gasteiger partial charge in [-0.05, 0) is 36.1 Å². The van der Waals surface area contributed by atoms with Gasteiger partial charge in [-0.3, -0.25) is 9.59 Å². The fourth-order valence-corrected chi connectivity index (χ4v) is 3.42. The van der Waals surface area contributed by atoms with Gasteiger partial charge in [0.15, 0.2) is 10.8 Å². The van der Waals surface area contributed by atoms with E-state index < -0.39 is 11.9 Å². The Bertz CT molecular complexity index is 1460. The van der Waals surface area contributed by atoms with Gasteiger partial charge in [0.2, 0.25) is 10.9 Å². The molecule has 0 spiro atoms. The Morgan fingerprint density at radius 3 is 1.38 bits per heavy atom. The molecule has 2 aromatic carbocycles. The van der Waals surface area contributed by atoms with E-state index in [1.54, 1.807) is 36.4 Å². The molecular formula is C28H32CuO10+6. The normalized spacial score (nSPS) is 10.6. The molecule has 2 heterocycles. The molecule has 0 bridgehead atoms. The first-order chi connectivity index (χ1) is 18.0. The minimum atomic E-state index is -0.965. The number of hydrogen-bond donors (Lipinski definition) is 0. The zero-order chi connectivity index (χ0) is 28.0. The summed E-state index contributed by atoms with van der Waals surface area (Å²) in [4.78, 5) is 46.0. The van der Waals surface area contributed by atoms with Gasteiger partial charge in [0.25, 0.3) is 11.2 Å². The van der Waals surface area contributed by atoms with E-state index in [-0.39, 0.29) is 39.4 Å². The van der Waals surface area contributed by atoms with Crippen LogP contribution >= 0.6 is 0 Å². The Hall–Kier alpha value is -4.08. The second-order valence-electron chi connectivity index (χ2n) is 9.38. The van der Waals surface area contributed by atoms with Gasteiger partial charge >= 0.3 is 40.5 Å². The summed E-state index contributed by atoms with van der Waals surface area (Å²) < 4.78 is 19.2. The zero-order valence-corrected chi connectivity index (χ0v) is 22.8. The molecule has 0 unspecified atom stereocenters. The minimum absolute atomic E-state index is 0. The quantitative estimate of drug-likeness (QED) is 0.225. The topological polar surface area (TPSA) is 158 Å². The molecule has 0 aliphatic heterocycles. The van der Waals surface area contributed by atoms with Crippen LogP contribution in [0.4, 0.5) is 0 Å². The Morgan fingerprint density at radius 2 is 1.08 bits per heavy atom. The van der Waals surface area contributed by atoms with Crippen molar-refractivity contribution in [1.82, 2.24) is 0 Å². The van der Waals surface area contributed by atoms with E-state index in [2.05, 4.69) is 8.83 Å². The third-order valence-corrected chi connectivity index (χ3v) is 5.13. The molecule has 39 heavy (non-hydrogen) atoms. The van der Waals surface area contributed by atoms with Crippen molar-refractivity contribution in [3.05, 3.63) is 80.5 Å². The number of benzene rings is 2. The molecule has 0 atom stereocenters. The molecule has 0 saturated heterocycles. The molecular weight excluding hydrogens is 560 g/mol. The summed E-state index contributed by atoms with van der Waals surface area (Å²) in [5, 5.41) is 14.7. The van der Waals surface area contributed by atoms with Crippen LogP contribution in [0.1, 0.15) is 48.8 Å². The van der Waals surface area contributed by atoms with Crippen molar-refractivity contribution in [3.63, 3.8) is 0 Å². The average molecular weight is 592 g/mol. The second kappa shape index (κ2) is 13.6.